The molecule has 5 heteroatoms. The van der Waals surface area contributed by atoms with Crippen molar-refractivity contribution in [1.82, 2.24) is 0 Å². The molecule has 0 saturated heterocycles. The predicted octanol–water partition coefficient (Wildman–Crippen LogP) is 1.50. The zero-order valence-electron chi connectivity index (χ0n) is 9.14. The fourth-order valence-electron chi connectivity index (χ4n) is 1.26. The Hall–Kier alpha value is -1.75. The van der Waals surface area contributed by atoms with Gasteiger partial charge in [-0.1, -0.05) is 0 Å². The molecule has 0 heterocycles. The van der Waals surface area contributed by atoms with Gasteiger partial charge in [-0.05, 0) is 25.1 Å². The molecule has 0 spiro atoms. The van der Waals surface area contributed by atoms with E-state index in [4.69, 9.17) is 14.6 Å². The van der Waals surface area contributed by atoms with Crippen molar-refractivity contribution in [2.24, 2.45) is 0 Å². The van der Waals surface area contributed by atoms with Crippen LogP contribution in [0, 0.1) is 0 Å². The van der Waals surface area contributed by atoms with E-state index in [0.29, 0.717) is 12.4 Å². The normalized spacial score (nSPS) is 12.1. The van der Waals surface area contributed by atoms with E-state index in [1.807, 2.05) is 0 Å². The number of phenols is 1. The Morgan fingerprint density at radius 3 is 2.75 bits per heavy atom. The lowest BCUT2D eigenvalue weighted by Gasteiger charge is -2.14. The van der Waals surface area contributed by atoms with Crippen molar-refractivity contribution in [1.29, 1.82) is 0 Å². The van der Waals surface area contributed by atoms with Gasteiger partial charge in [0.05, 0.1) is 6.61 Å². The molecular weight excluding hydrogens is 212 g/mol. The van der Waals surface area contributed by atoms with Crippen LogP contribution in [0.3, 0.4) is 0 Å². The van der Waals surface area contributed by atoms with E-state index in [-0.39, 0.29) is 17.4 Å². The topological polar surface area (TPSA) is 76.0 Å². The first-order valence-electron chi connectivity index (χ1n) is 4.76. The highest BCUT2D eigenvalue weighted by Crippen LogP contribution is 2.23. The van der Waals surface area contributed by atoms with E-state index in [1.54, 1.807) is 14.0 Å². The number of carbonyl (C=O) groups is 1. The molecule has 1 aromatic rings. The summed E-state index contributed by atoms with van der Waals surface area (Å²) in [7, 11) is 1.55. The smallest absolute Gasteiger partial charge is 0.339 e. The Kier molecular flexibility index (Phi) is 4.13. The first-order valence-corrected chi connectivity index (χ1v) is 4.76. The summed E-state index contributed by atoms with van der Waals surface area (Å²) in [6, 6.07) is 4.08. The number of aromatic carboxylic acids is 1. The maximum atomic E-state index is 10.7. The molecule has 16 heavy (non-hydrogen) atoms. The van der Waals surface area contributed by atoms with Crippen LogP contribution in [0.1, 0.15) is 17.3 Å². The first kappa shape index (κ1) is 12.3. The summed E-state index contributed by atoms with van der Waals surface area (Å²) in [4.78, 5) is 10.7. The van der Waals surface area contributed by atoms with Gasteiger partial charge < -0.3 is 19.7 Å². The zero-order valence-corrected chi connectivity index (χ0v) is 9.14. The van der Waals surface area contributed by atoms with Crippen LogP contribution < -0.4 is 4.74 Å². The molecule has 1 rings (SSSR count). The van der Waals surface area contributed by atoms with Crippen LogP contribution in [-0.2, 0) is 4.74 Å². The van der Waals surface area contributed by atoms with Crippen LogP contribution in [0.4, 0.5) is 0 Å². The summed E-state index contributed by atoms with van der Waals surface area (Å²) >= 11 is 0. The van der Waals surface area contributed by atoms with Gasteiger partial charge in [-0.2, -0.15) is 0 Å². The van der Waals surface area contributed by atoms with Crippen LogP contribution in [0.5, 0.6) is 11.5 Å². The van der Waals surface area contributed by atoms with Crippen molar-refractivity contribution >= 4 is 5.97 Å². The molecule has 0 aliphatic carbocycles. The predicted molar refractivity (Wildman–Crippen MR) is 57.0 cm³/mol. The number of benzene rings is 1. The largest absolute Gasteiger partial charge is 0.507 e. The Balaban J connectivity index is 2.82. The molecule has 0 saturated carbocycles. The van der Waals surface area contributed by atoms with Crippen LogP contribution >= 0.6 is 0 Å². The van der Waals surface area contributed by atoms with E-state index in [1.165, 1.54) is 18.2 Å². The van der Waals surface area contributed by atoms with Gasteiger partial charge >= 0.3 is 5.97 Å². The molecule has 0 radical (unpaired) electrons. The second-order valence-electron chi connectivity index (χ2n) is 3.37. The van der Waals surface area contributed by atoms with Gasteiger partial charge in [-0.25, -0.2) is 4.79 Å². The number of methoxy groups -OCH3 is 1. The molecule has 0 aliphatic rings. The summed E-state index contributed by atoms with van der Waals surface area (Å²) in [5, 5.41) is 18.1. The highest BCUT2D eigenvalue weighted by atomic mass is 16.5. The van der Waals surface area contributed by atoms with E-state index >= 15 is 0 Å². The van der Waals surface area contributed by atoms with Crippen molar-refractivity contribution in [3.05, 3.63) is 23.8 Å². The summed E-state index contributed by atoms with van der Waals surface area (Å²) in [6.07, 6.45) is -0.184. The lowest BCUT2D eigenvalue weighted by Crippen LogP contribution is -2.18. The molecule has 0 aliphatic heterocycles. The van der Waals surface area contributed by atoms with Crippen LogP contribution in [-0.4, -0.2) is 36.0 Å². The molecule has 2 N–H and O–H groups in total. The van der Waals surface area contributed by atoms with Gasteiger partial charge in [-0.15, -0.1) is 0 Å². The van der Waals surface area contributed by atoms with Crippen molar-refractivity contribution < 1.29 is 24.5 Å². The molecule has 5 nitrogen and oxygen atoms in total. The van der Waals surface area contributed by atoms with E-state index < -0.39 is 5.97 Å². The molecule has 1 atom stereocenters. The van der Waals surface area contributed by atoms with Crippen LogP contribution in [0.15, 0.2) is 18.2 Å². The number of hydrogen-bond donors (Lipinski definition) is 2. The maximum absolute atomic E-state index is 10.7. The minimum Gasteiger partial charge on any atom is -0.507 e. The average molecular weight is 226 g/mol. The van der Waals surface area contributed by atoms with Gasteiger partial charge in [0.1, 0.15) is 23.2 Å². The first-order chi connectivity index (χ1) is 7.54. The summed E-state index contributed by atoms with van der Waals surface area (Å²) in [6.45, 7) is 2.21. The number of hydrogen-bond acceptors (Lipinski definition) is 4. The summed E-state index contributed by atoms with van der Waals surface area (Å²) < 4.78 is 10.3. The number of ether oxygens (including phenoxy) is 2. The third-order valence-corrected chi connectivity index (χ3v) is 1.94. The maximum Gasteiger partial charge on any atom is 0.339 e. The standard InChI is InChI=1S/C11H14O5/c1-7(6-15-2)16-8-3-4-10(12)9(5-8)11(13)14/h3-5,7,12H,6H2,1-2H3,(H,13,14)/t7-/m0/s1. The third kappa shape index (κ3) is 3.13. The Labute approximate surface area is 93.2 Å². The number of carboxylic acids is 1. The lowest BCUT2D eigenvalue weighted by molar-refractivity contribution is 0.0691. The van der Waals surface area contributed by atoms with Crippen molar-refractivity contribution in [3.63, 3.8) is 0 Å². The van der Waals surface area contributed by atoms with Gasteiger partial charge in [0.2, 0.25) is 0 Å². The Morgan fingerprint density at radius 2 is 2.19 bits per heavy atom. The van der Waals surface area contributed by atoms with Crippen molar-refractivity contribution in [3.8, 4) is 11.5 Å². The third-order valence-electron chi connectivity index (χ3n) is 1.94. The van der Waals surface area contributed by atoms with Crippen molar-refractivity contribution in [2.75, 3.05) is 13.7 Å². The fourth-order valence-corrected chi connectivity index (χ4v) is 1.26. The van der Waals surface area contributed by atoms with Crippen LogP contribution in [0.2, 0.25) is 0 Å². The number of carboxylic acid groups (broad SMARTS) is 1. The minimum absolute atomic E-state index is 0.179. The van der Waals surface area contributed by atoms with Crippen LogP contribution in [0.25, 0.3) is 0 Å². The van der Waals surface area contributed by atoms with E-state index in [2.05, 4.69) is 0 Å². The highest BCUT2D eigenvalue weighted by molar-refractivity contribution is 5.91. The van der Waals surface area contributed by atoms with Gasteiger partial charge in [0.15, 0.2) is 0 Å². The average Bonchev–Trinajstić information content (AvgIpc) is 2.21. The van der Waals surface area contributed by atoms with E-state index in [9.17, 15) is 9.90 Å². The van der Waals surface area contributed by atoms with Gasteiger partial charge in [0, 0.05) is 7.11 Å². The monoisotopic (exact) mass is 226 g/mol. The quantitative estimate of drug-likeness (QED) is 0.795. The number of rotatable bonds is 5. The summed E-state index contributed by atoms with van der Waals surface area (Å²) in [5.41, 5.74) is -0.179. The molecular formula is C11H14O5. The highest BCUT2D eigenvalue weighted by Gasteiger charge is 2.12. The molecule has 0 unspecified atom stereocenters. The second kappa shape index (κ2) is 5.37. The number of aromatic hydroxyl groups is 1. The minimum atomic E-state index is -1.19. The van der Waals surface area contributed by atoms with Gasteiger partial charge in [0.25, 0.3) is 0 Å². The second-order valence-corrected chi connectivity index (χ2v) is 3.37. The fraction of sp³-hybridized carbons (Fsp3) is 0.364. The molecule has 0 bridgehead atoms. The Bertz CT molecular complexity index is 375. The lowest BCUT2D eigenvalue weighted by atomic mass is 10.2. The molecule has 1 aromatic carbocycles. The molecule has 0 fully saturated rings. The molecule has 0 aromatic heterocycles. The van der Waals surface area contributed by atoms with E-state index in [0.717, 1.165) is 0 Å². The zero-order chi connectivity index (χ0) is 12.1. The summed E-state index contributed by atoms with van der Waals surface area (Å²) in [5.74, 6) is -1.08. The Morgan fingerprint density at radius 1 is 1.50 bits per heavy atom. The molecule has 0 amide bonds. The molecule has 88 valence electrons. The van der Waals surface area contributed by atoms with Gasteiger partial charge in [-0.3, -0.25) is 0 Å². The SMILES string of the molecule is COC[C@H](C)Oc1ccc(O)c(C(=O)O)c1. The van der Waals surface area contributed by atoms with Crippen molar-refractivity contribution in [2.45, 2.75) is 13.0 Å².